The van der Waals surface area contributed by atoms with Gasteiger partial charge in [0, 0.05) is 17.8 Å². The van der Waals surface area contributed by atoms with Crippen molar-refractivity contribution in [3.05, 3.63) is 98.5 Å². The second-order valence-electron chi connectivity index (χ2n) is 7.68. The SMILES string of the molecule is COc1ccc(N(Cc2ccc(C(C)C)cc2)C(=O)Cn2cc([N+](=O)[O-])ccc2=O)cc1. The molecular weight excluding hydrogens is 410 g/mol. The van der Waals surface area contributed by atoms with Crippen molar-refractivity contribution >= 4 is 17.3 Å². The molecule has 1 aromatic heterocycles. The lowest BCUT2D eigenvalue weighted by molar-refractivity contribution is -0.385. The number of rotatable bonds is 8. The van der Waals surface area contributed by atoms with Crippen LogP contribution in [0.15, 0.2) is 71.7 Å². The van der Waals surface area contributed by atoms with Crippen LogP contribution in [-0.4, -0.2) is 22.5 Å². The van der Waals surface area contributed by atoms with Crippen molar-refractivity contribution in [2.45, 2.75) is 32.9 Å². The third-order valence-electron chi connectivity index (χ3n) is 5.16. The third-order valence-corrected chi connectivity index (χ3v) is 5.16. The molecule has 0 fully saturated rings. The number of aromatic nitrogens is 1. The van der Waals surface area contributed by atoms with Gasteiger partial charge in [-0.2, -0.15) is 0 Å². The Morgan fingerprint density at radius 2 is 1.72 bits per heavy atom. The number of carbonyl (C=O) groups excluding carboxylic acids is 1. The summed E-state index contributed by atoms with van der Waals surface area (Å²) < 4.78 is 6.25. The molecule has 8 nitrogen and oxygen atoms in total. The zero-order valence-electron chi connectivity index (χ0n) is 18.2. The lowest BCUT2D eigenvalue weighted by atomic mass is 10.0. The number of amides is 1. The number of hydrogen-bond acceptors (Lipinski definition) is 5. The molecule has 1 amide bonds. The maximum absolute atomic E-state index is 13.2. The lowest BCUT2D eigenvalue weighted by Gasteiger charge is -2.24. The van der Waals surface area contributed by atoms with Gasteiger partial charge in [0.05, 0.1) is 24.8 Å². The fraction of sp³-hybridized carbons (Fsp3) is 0.250. The van der Waals surface area contributed by atoms with Gasteiger partial charge in [0.1, 0.15) is 12.3 Å². The van der Waals surface area contributed by atoms with E-state index in [9.17, 15) is 19.7 Å². The molecule has 0 spiro atoms. The van der Waals surface area contributed by atoms with Crippen molar-refractivity contribution in [3.63, 3.8) is 0 Å². The Morgan fingerprint density at radius 3 is 2.28 bits per heavy atom. The molecule has 32 heavy (non-hydrogen) atoms. The number of carbonyl (C=O) groups is 1. The smallest absolute Gasteiger partial charge is 0.285 e. The maximum Gasteiger partial charge on any atom is 0.285 e. The van der Waals surface area contributed by atoms with Crippen molar-refractivity contribution in [2.24, 2.45) is 0 Å². The molecule has 0 unspecified atom stereocenters. The Kier molecular flexibility index (Phi) is 7.04. The van der Waals surface area contributed by atoms with Crippen LogP contribution in [0.2, 0.25) is 0 Å². The molecule has 0 saturated heterocycles. The highest BCUT2D eigenvalue weighted by Crippen LogP contribution is 2.23. The second-order valence-corrected chi connectivity index (χ2v) is 7.68. The molecule has 8 heteroatoms. The summed E-state index contributed by atoms with van der Waals surface area (Å²) in [5.74, 6) is 0.673. The Bertz CT molecular complexity index is 1150. The van der Waals surface area contributed by atoms with Gasteiger partial charge >= 0.3 is 0 Å². The number of pyridine rings is 1. The quantitative estimate of drug-likeness (QED) is 0.392. The van der Waals surface area contributed by atoms with Crippen molar-refractivity contribution in [1.29, 1.82) is 0 Å². The summed E-state index contributed by atoms with van der Waals surface area (Å²) in [7, 11) is 1.56. The number of anilines is 1. The topological polar surface area (TPSA) is 94.7 Å². The minimum atomic E-state index is -0.599. The van der Waals surface area contributed by atoms with Gasteiger partial charge in [0.15, 0.2) is 0 Å². The van der Waals surface area contributed by atoms with Gasteiger partial charge in [0.25, 0.3) is 11.2 Å². The van der Waals surface area contributed by atoms with E-state index < -0.39 is 10.5 Å². The molecule has 0 atom stereocenters. The minimum Gasteiger partial charge on any atom is -0.497 e. The van der Waals surface area contributed by atoms with Gasteiger partial charge in [-0.15, -0.1) is 0 Å². The summed E-state index contributed by atoms with van der Waals surface area (Å²) in [5, 5.41) is 11.1. The number of nitro groups is 1. The van der Waals surface area contributed by atoms with E-state index in [-0.39, 0.29) is 24.7 Å². The standard InChI is InChI=1S/C24H25N3O5/c1-17(2)19-6-4-18(5-7-19)14-26(20-8-11-22(32-3)12-9-20)24(29)16-25-15-21(27(30)31)10-13-23(25)28/h4-13,15,17H,14,16H2,1-3H3. The first-order valence-electron chi connectivity index (χ1n) is 10.2. The van der Waals surface area contributed by atoms with Crippen LogP contribution >= 0.6 is 0 Å². The average Bonchev–Trinajstić information content (AvgIpc) is 2.79. The fourth-order valence-electron chi connectivity index (χ4n) is 3.26. The van der Waals surface area contributed by atoms with Crippen LogP contribution in [0.3, 0.4) is 0 Å². The van der Waals surface area contributed by atoms with Crippen molar-refractivity contribution < 1.29 is 14.5 Å². The number of nitrogens with zero attached hydrogens (tertiary/aromatic N) is 3. The Labute approximate surface area is 185 Å². The van der Waals surface area contributed by atoms with Crippen LogP contribution < -0.4 is 15.2 Å². The average molecular weight is 435 g/mol. The monoisotopic (exact) mass is 435 g/mol. The predicted molar refractivity (Wildman–Crippen MR) is 122 cm³/mol. The number of ether oxygens (including phenoxy) is 1. The highest BCUT2D eigenvalue weighted by Gasteiger charge is 2.19. The Balaban J connectivity index is 1.92. The summed E-state index contributed by atoms with van der Waals surface area (Å²) in [4.78, 5) is 37.4. The van der Waals surface area contributed by atoms with E-state index >= 15 is 0 Å². The van der Waals surface area contributed by atoms with E-state index in [1.807, 2.05) is 24.3 Å². The van der Waals surface area contributed by atoms with Gasteiger partial charge in [0.2, 0.25) is 5.91 Å². The molecule has 0 radical (unpaired) electrons. The summed E-state index contributed by atoms with van der Waals surface area (Å²) in [6.07, 6.45) is 1.09. The van der Waals surface area contributed by atoms with Gasteiger partial charge in [-0.1, -0.05) is 38.1 Å². The molecule has 0 aliphatic rings. The molecule has 3 aromatic rings. The highest BCUT2D eigenvalue weighted by molar-refractivity contribution is 5.93. The zero-order chi connectivity index (χ0) is 23.3. The van der Waals surface area contributed by atoms with E-state index in [0.29, 0.717) is 17.4 Å². The largest absolute Gasteiger partial charge is 0.497 e. The summed E-state index contributed by atoms with van der Waals surface area (Å²) in [5.41, 5.74) is 2.00. The summed E-state index contributed by atoms with van der Waals surface area (Å²) in [6.45, 7) is 4.18. The molecule has 0 aliphatic carbocycles. The van der Waals surface area contributed by atoms with Crippen molar-refractivity contribution in [2.75, 3.05) is 12.0 Å². The molecule has 0 N–H and O–H groups in total. The van der Waals surface area contributed by atoms with Gasteiger partial charge < -0.3 is 9.64 Å². The fourth-order valence-corrected chi connectivity index (χ4v) is 3.26. The van der Waals surface area contributed by atoms with E-state index in [4.69, 9.17) is 4.74 Å². The van der Waals surface area contributed by atoms with Crippen LogP contribution in [0.1, 0.15) is 30.9 Å². The molecule has 1 heterocycles. The zero-order valence-corrected chi connectivity index (χ0v) is 18.2. The Morgan fingerprint density at radius 1 is 1.06 bits per heavy atom. The highest BCUT2D eigenvalue weighted by atomic mass is 16.6. The molecule has 0 saturated carbocycles. The number of methoxy groups -OCH3 is 1. The molecule has 166 valence electrons. The summed E-state index contributed by atoms with van der Waals surface area (Å²) >= 11 is 0. The minimum absolute atomic E-state index is 0.252. The summed E-state index contributed by atoms with van der Waals surface area (Å²) in [6, 6.07) is 17.2. The van der Waals surface area contributed by atoms with Crippen LogP contribution in [0.4, 0.5) is 11.4 Å². The number of hydrogen-bond donors (Lipinski definition) is 0. The Hall–Kier alpha value is -3.94. The van der Waals surface area contributed by atoms with Gasteiger partial charge in [-0.25, -0.2) is 0 Å². The molecule has 3 rings (SSSR count). The van der Waals surface area contributed by atoms with Gasteiger partial charge in [-0.3, -0.25) is 24.3 Å². The lowest BCUT2D eigenvalue weighted by Crippen LogP contribution is -2.36. The first kappa shape index (κ1) is 22.7. The van der Waals surface area contributed by atoms with E-state index in [2.05, 4.69) is 13.8 Å². The molecule has 0 aliphatic heterocycles. The first-order chi connectivity index (χ1) is 15.3. The van der Waals surface area contributed by atoms with Crippen LogP contribution in [0.5, 0.6) is 5.75 Å². The van der Waals surface area contributed by atoms with Crippen molar-refractivity contribution in [1.82, 2.24) is 4.57 Å². The second kappa shape index (κ2) is 9.91. The van der Waals surface area contributed by atoms with Crippen molar-refractivity contribution in [3.8, 4) is 5.75 Å². The first-order valence-corrected chi connectivity index (χ1v) is 10.2. The van der Waals surface area contributed by atoms with Gasteiger partial charge in [-0.05, 0) is 41.3 Å². The normalized spacial score (nSPS) is 10.8. The van der Waals surface area contributed by atoms with E-state index in [0.717, 1.165) is 28.5 Å². The third kappa shape index (κ3) is 5.40. The molecule has 2 aromatic carbocycles. The van der Waals surface area contributed by atoms with Crippen LogP contribution in [-0.2, 0) is 17.9 Å². The molecule has 0 bridgehead atoms. The maximum atomic E-state index is 13.2. The van der Waals surface area contributed by atoms with E-state index in [1.54, 1.807) is 36.3 Å². The molecular formula is C24H25N3O5. The number of benzene rings is 2. The van der Waals surface area contributed by atoms with E-state index in [1.165, 1.54) is 5.56 Å². The predicted octanol–water partition coefficient (Wildman–Crippen LogP) is 4.12. The van der Waals surface area contributed by atoms with Crippen LogP contribution in [0, 0.1) is 10.1 Å². The van der Waals surface area contributed by atoms with Crippen LogP contribution in [0.25, 0.3) is 0 Å².